The quantitative estimate of drug-likeness (QED) is 0.389. The molecule has 0 saturated carbocycles. The zero-order valence-corrected chi connectivity index (χ0v) is 18.0. The SMILES string of the molecule is CCCCCCCCCC(C)SC1c2cccc(NC(=O)O)c2OC1(C)C. The number of carboxylic acid groups (broad SMARTS) is 1. The topological polar surface area (TPSA) is 58.6 Å². The molecule has 4 nitrogen and oxygen atoms in total. The van der Waals surface area contributed by atoms with Crippen molar-refractivity contribution in [2.45, 2.75) is 95.2 Å². The third-order valence-electron chi connectivity index (χ3n) is 5.15. The van der Waals surface area contributed by atoms with Gasteiger partial charge in [-0.3, -0.25) is 5.32 Å². The third-order valence-corrected chi connectivity index (χ3v) is 6.94. The van der Waals surface area contributed by atoms with Crippen molar-refractivity contribution in [2.24, 2.45) is 0 Å². The van der Waals surface area contributed by atoms with Crippen LogP contribution in [-0.2, 0) is 0 Å². The van der Waals surface area contributed by atoms with E-state index in [1.807, 2.05) is 17.8 Å². The summed E-state index contributed by atoms with van der Waals surface area (Å²) in [5.41, 5.74) is 1.29. The fourth-order valence-corrected chi connectivity index (χ4v) is 5.18. The third kappa shape index (κ3) is 6.34. The number of benzene rings is 1. The Morgan fingerprint density at radius 3 is 2.56 bits per heavy atom. The van der Waals surface area contributed by atoms with Crippen LogP contribution in [-0.4, -0.2) is 22.1 Å². The highest BCUT2D eigenvalue weighted by molar-refractivity contribution is 8.00. The van der Waals surface area contributed by atoms with Crippen LogP contribution in [0.25, 0.3) is 0 Å². The number of para-hydroxylation sites is 1. The first-order chi connectivity index (χ1) is 12.8. The fraction of sp³-hybridized carbons (Fsp3) is 0.682. The van der Waals surface area contributed by atoms with Crippen molar-refractivity contribution >= 4 is 23.5 Å². The summed E-state index contributed by atoms with van der Waals surface area (Å²) in [7, 11) is 0. The van der Waals surface area contributed by atoms with E-state index in [-0.39, 0.29) is 10.9 Å². The number of rotatable bonds is 11. The number of thioether (sulfide) groups is 1. The molecule has 0 bridgehead atoms. The molecule has 1 amide bonds. The van der Waals surface area contributed by atoms with Gasteiger partial charge in [0.25, 0.3) is 0 Å². The Labute approximate surface area is 168 Å². The first-order valence-corrected chi connectivity index (χ1v) is 11.3. The number of ether oxygens (including phenoxy) is 1. The minimum atomic E-state index is -1.06. The van der Waals surface area contributed by atoms with Gasteiger partial charge in [-0.1, -0.05) is 70.9 Å². The van der Waals surface area contributed by atoms with Crippen LogP contribution in [0.15, 0.2) is 18.2 Å². The largest absolute Gasteiger partial charge is 0.484 e. The Morgan fingerprint density at radius 1 is 1.22 bits per heavy atom. The van der Waals surface area contributed by atoms with Gasteiger partial charge in [-0.25, -0.2) is 4.79 Å². The summed E-state index contributed by atoms with van der Waals surface area (Å²) >= 11 is 1.96. The first kappa shape index (κ1) is 21.9. The maximum absolute atomic E-state index is 11.0. The van der Waals surface area contributed by atoms with Crippen LogP contribution in [0.2, 0.25) is 0 Å². The minimum Gasteiger partial charge on any atom is -0.484 e. The molecular formula is C22H35NO3S. The lowest BCUT2D eigenvalue weighted by Crippen LogP contribution is -2.29. The van der Waals surface area contributed by atoms with E-state index in [1.165, 1.54) is 51.4 Å². The smallest absolute Gasteiger partial charge is 0.409 e. The molecule has 2 N–H and O–H groups in total. The number of fused-ring (bicyclic) bond motifs is 1. The number of hydrogen-bond acceptors (Lipinski definition) is 3. The molecule has 0 spiro atoms. The Balaban J connectivity index is 1.90. The predicted molar refractivity (Wildman–Crippen MR) is 115 cm³/mol. The molecule has 0 aromatic heterocycles. The van der Waals surface area contributed by atoms with E-state index < -0.39 is 6.09 Å². The molecule has 1 aliphatic rings. The predicted octanol–water partition coefficient (Wildman–Crippen LogP) is 7.25. The van der Waals surface area contributed by atoms with Gasteiger partial charge in [-0.05, 0) is 26.3 Å². The Hall–Kier alpha value is -1.36. The molecule has 2 atom stereocenters. The summed E-state index contributed by atoms with van der Waals surface area (Å²) in [6.45, 7) is 8.74. The summed E-state index contributed by atoms with van der Waals surface area (Å²) in [5, 5.41) is 12.3. The Kier molecular flexibility index (Phi) is 8.33. The average Bonchev–Trinajstić information content (AvgIpc) is 2.85. The zero-order valence-electron chi connectivity index (χ0n) is 17.2. The van der Waals surface area contributed by atoms with E-state index in [1.54, 1.807) is 6.07 Å². The standard InChI is InChI=1S/C22H35NO3S/c1-5-6-7-8-9-10-11-13-16(2)27-20-17-14-12-15-18(23-21(24)25)19(17)26-22(20,3)4/h12,14-16,20,23H,5-11,13H2,1-4H3,(H,24,25). The normalized spacial score (nSPS) is 18.6. The zero-order chi connectivity index (χ0) is 19.9. The second-order valence-corrected chi connectivity index (χ2v) is 9.64. The van der Waals surface area contributed by atoms with Gasteiger partial charge >= 0.3 is 6.09 Å². The van der Waals surface area contributed by atoms with Gasteiger partial charge in [0.15, 0.2) is 0 Å². The van der Waals surface area contributed by atoms with Gasteiger partial charge in [0, 0.05) is 10.8 Å². The van der Waals surface area contributed by atoms with Crippen LogP contribution in [0, 0.1) is 0 Å². The highest BCUT2D eigenvalue weighted by atomic mass is 32.2. The molecule has 27 heavy (non-hydrogen) atoms. The van der Waals surface area contributed by atoms with E-state index in [0.717, 1.165) is 5.56 Å². The van der Waals surface area contributed by atoms with Gasteiger partial charge < -0.3 is 9.84 Å². The van der Waals surface area contributed by atoms with Gasteiger partial charge in [0.2, 0.25) is 0 Å². The maximum Gasteiger partial charge on any atom is 0.409 e. The molecule has 152 valence electrons. The van der Waals surface area contributed by atoms with Crippen molar-refractivity contribution in [2.75, 3.05) is 5.32 Å². The van der Waals surface area contributed by atoms with Crippen LogP contribution < -0.4 is 10.1 Å². The molecule has 2 unspecified atom stereocenters. The molecule has 0 fully saturated rings. The Bertz CT molecular complexity index is 618. The summed E-state index contributed by atoms with van der Waals surface area (Å²) in [6.07, 6.45) is 9.51. The number of hydrogen-bond donors (Lipinski definition) is 2. The van der Waals surface area contributed by atoms with Crippen molar-refractivity contribution < 1.29 is 14.6 Å². The number of anilines is 1. The monoisotopic (exact) mass is 393 g/mol. The van der Waals surface area contributed by atoms with Crippen LogP contribution >= 0.6 is 11.8 Å². The average molecular weight is 394 g/mol. The minimum absolute atomic E-state index is 0.211. The van der Waals surface area contributed by atoms with Crippen molar-refractivity contribution in [1.82, 2.24) is 0 Å². The van der Waals surface area contributed by atoms with E-state index in [4.69, 9.17) is 9.84 Å². The van der Waals surface area contributed by atoms with E-state index >= 15 is 0 Å². The number of nitrogens with one attached hydrogen (secondary N) is 1. The number of unbranched alkanes of at least 4 members (excludes halogenated alkanes) is 6. The fourth-order valence-electron chi connectivity index (χ4n) is 3.71. The molecule has 0 radical (unpaired) electrons. The van der Waals surface area contributed by atoms with Gasteiger partial charge in [-0.2, -0.15) is 0 Å². The van der Waals surface area contributed by atoms with Crippen LogP contribution in [0.1, 0.15) is 89.9 Å². The van der Waals surface area contributed by atoms with Gasteiger partial charge in [0.1, 0.15) is 11.4 Å². The molecule has 2 rings (SSSR count). The summed E-state index contributed by atoms with van der Waals surface area (Å²) in [5.74, 6) is 0.686. The summed E-state index contributed by atoms with van der Waals surface area (Å²) in [4.78, 5) is 11.0. The maximum atomic E-state index is 11.0. The van der Waals surface area contributed by atoms with Crippen molar-refractivity contribution in [1.29, 1.82) is 0 Å². The van der Waals surface area contributed by atoms with Gasteiger partial charge in [-0.15, -0.1) is 11.8 Å². The second kappa shape index (κ2) is 10.3. The van der Waals surface area contributed by atoms with Crippen LogP contribution in [0.4, 0.5) is 10.5 Å². The molecular weight excluding hydrogens is 358 g/mol. The lowest BCUT2D eigenvalue weighted by molar-refractivity contribution is 0.136. The molecule has 1 heterocycles. The second-order valence-electron chi connectivity index (χ2n) is 8.10. The molecule has 1 aromatic rings. The first-order valence-electron chi connectivity index (χ1n) is 10.3. The summed E-state index contributed by atoms with van der Waals surface area (Å²) < 4.78 is 6.17. The summed E-state index contributed by atoms with van der Waals surface area (Å²) in [6, 6.07) is 5.73. The van der Waals surface area contributed by atoms with Crippen molar-refractivity contribution in [3.8, 4) is 5.75 Å². The molecule has 1 aromatic carbocycles. The highest BCUT2D eigenvalue weighted by Crippen LogP contribution is 2.54. The highest BCUT2D eigenvalue weighted by Gasteiger charge is 2.43. The molecule has 1 aliphatic heterocycles. The van der Waals surface area contributed by atoms with Crippen molar-refractivity contribution in [3.63, 3.8) is 0 Å². The molecule has 5 heteroatoms. The number of amides is 1. The van der Waals surface area contributed by atoms with E-state index in [0.29, 0.717) is 16.7 Å². The lowest BCUT2D eigenvalue weighted by atomic mass is 10.0. The van der Waals surface area contributed by atoms with Crippen molar-refractivity contribution in [3.05, 3.63) is 23.8 Å². The van der Waals surface area contributed by atoms with Crippen LogP contribution in [0.3, 0.4) is 0 Å². The van der Waals surface area contributed by atoms with E-state index in [2.05, 4.69) is 39.1 Å². The Morgan fingerprint density at radius 2 is 1.89 bits per heavy atom. The van der Waals surface area contributed by atoms with E-state index in [9.17, 15) is 4.79 Å². The lowest BCUT2D eigenvalue weighted by Gasteiger charge is -2.28. The molecule has 0 saturated heterocycles. The van der Waals surface area contributed by atoms with Gasteiger partial charge in [0.05, 0.1) is 10.9 Å². The number of carbonyl (C=O) groups is 1. The molecule has 0 aliphatic carbocycles. The van der Waals surface area contributed by atoms with Crippen LogP contribution in [0.5, 0.6) is 5.75 Å².